The first kappa shape index (κ1) is 80.0. The zero-order chi connectivity index (χ0) is 60.4. The van der Waals surface area contributed by atoms with E-state index >= 15 is 0 Å². The molecule has 0 atom stereocenters. The van der Waals surface area contributed by atoms with E-state index in [1.54, 1.807) is 0 Å². The maximum atomic E-state index is 9.69. The molecule has 0 heterocycles. The molecule has 0 aromatic heterocycles. The van der Waals surface area contributed by atoms with Gasteiger partial charge in [0.05, 0.1) is 5.57 Å². The van der Waals surface area contributed by atoms with Crippen molar-refractivity contribution >= 4 is 11.4 Å². The SMILES string of the molecule is CCCCCCCCCCCCCCCCCCCCCCCCCCCCC(=C=[N+]=[N-])C=C(c1cccc(CCCC)c1)c1cccc(CCCCCCCCCCCCCCC)c1.CCCCCCCC[CH2][Pd][CH2]CCCCCCCC. The van der Waals surface area contributed by atoms with Crippen LogP contribution in [0, 0.1) is 0 Å². The molecule has 0 aliphatic heterocycles. The van der Waals surface area contributed by atoms with Gasteiger partial charge in [-0.15, -0.1) is 4.79 Å². The summed E-state index contributed by atoms with van der Waals surface area (Å²) in [5, 5.41) is 0. The van der Waals surface area contributed by atoms with Crippen molar-refractivity contribution in [2.24, 2.45) is 0 Å². The first-order chi connectivity index (χ1) is 41.6. The van der Waals surface area contributed by atoms with Crippen molar-refractivity contribution in [3.8, 4) is 0 Å². The molecule has 0 aliphatic carbocycles. The molecular formula is C81H144N2Pd. The van der Waals surface area contributed by atoms with Gasteiger partial charge in [-0.05, 0) is 72.4 Å². The van der Waals surface area contributed by atoms with Crippen molar-refractivity contribution < 1.29 is 22.8 Å². The topological polar surface area (TPSA) is 36.4 Å². The van der Waals surface area contributed by atoms with E-state index in [1.165, 1.54) is 384 Å². The number of unbranched alkanes of at least 4 members (excludes halogenated alkanes) is 50. The van der Waals surface area contributed by atoms with Crippen molar-refractivity contribution in [3.63, 3.8) is 0 Å². The van der Waals surface area contributed by atoms with Crippen LogP contribution in [0.1, 0.15) is 416 Å². The molecule has 488 valence electrons. The molecule has 3 heteroatoms. The van der Waals surface area contributed by atoms with Gasteiger partial charge in [0.15, 0.2) is 0 Å². The second kappa shape index (κ2) is 66.9. The van der Waals surface area contributed by atoms with Gasteiger partial charge in [0.25, 0.3) is 0 Å². The van der Waals surface area contributed by atoms with E-state index in [0.717, 1.165) is 49.2 Å². The van der Waals surface area contributed by atoms with Crippen LogP contribution in [0.15, 0.2) is 60.2 Å². The van der Waals surface area contributed by atoms with Gasteiger partial charge in [0.2, 0.25) is 0 Å². The Labute approximate surface area is 535 Å². The van der Waals surface area contributed by atoms with Crippen LogP contribution in [0.3, 0.4) is 0 Å². The Morgan fingerprint density at radius 2 is 0.595 bits per heavy atom. The van der Waals surface area contributed by atoms with E-state index in [4.69, 9.17) is 0 Å². The molecule has 0 amide bonds. The second-order valence-corrected chi connectivity index (χ2v) is 28.4. The van der Waals surface area contributed by atoms with Crippen LogP contribution < -0.4 is 0 Å². The van der Waals surface area contributed by atoms with Gasteiger partial charge < -0.3 is 5.53 Å². The molecule has 0 N–H and O–H groups in total. The van der Waals surface area contributed by atoms with Crippen LogP contribution >= 0.6 is 0 Å². The van der Waals surface area contributed by atoms with Gasteiger partial charge in [-0.2, -0.15) is 0 Å². The summed E-state index contributed by atoms with van der Waals surface area (Å²) in [5.41, 5.74) is 17.2. The molecule has 0 unspecified atom stereocenters. The van der Waals surface area contributed by atoms with Gasteiger partial charge in [0.1, 0.15) is 0 Å². The van der Waals surface area contributed by atoms with Gasteiger partial charge >= 0.3 is 137 Å². The summed E-state index contributed by atoms with van der Waals surface area (Å²) in [7, 11) is 0. The van der Waals surface area contributed by atoms with Gasteiger partial charge in [-0.3, -0.25) is 0 Å². The Bertz CT molecular complexity index is 1750. The van der Waals surface area contributed by atoms with E-state index in [1.807, 2.05) is 0 Å². The summed E-state index contributed by atoms with van der Waals surface area (Å²) >= 11 is 1.07. The molecule has 0 radical (unpaired) electrons. The predicted molar refractivity (Wildman–Crippen MR) is 376 cm³/mol. The fraction of sp³-hybridized carbons (Fsp3) is 0.802. The van der Waals surface area contributed by atoms with Crippen LogP contribution in [-0.2, 0) is 30.8 Å². The van der Waals surface area contributed by atoms with Crippen molar-refractivity contribution in [3.05, 3.63) is 88.0 Å². The van der Waals surface area contributed by atoms with Crippen LogP contribution in [0.4, 0.5) is 0 Å². The van der Waals surface area contributed by atoms with E-state index in [0.29, 0.717) is 0 Å². The van der Waals surface area contributed by atoms with Crippen LogP contribution in [0.5, 0.6) is 0 Å². The van der Waals surface area contributed by atoms with E-state index < -0.39 is 0 Å². The average Bonchev–Trinajstić information content (AvgIpc) is 3.71. The molecule has 0 fully saturated rings. The van der Waals surface area contributed by atoms with Crippen molar-refractivity contribution in [2.75, 3.05) is 0 Å². The fourth-order valence-corrected chi connectivity index (χ4v) is 14.1. The molecule has 0 bridgehead atoms. The van der Waals surface area contributed by atoms with Crippen molar-refractivity contribution in [1.29, 1.82) is 0 Å². The van der Waals surface area contributed by atoms with Crippen LogP contribution in [-0.4, -0.2) is 10.7 Å². The number of benzene rings is 2. The van der Waals surface area contributed by atoms with Gasteiger partial charge in [-0.25, -0.2) is 0 Å². The zero-order valence-corrected chi connectivity index (χ0v) is 58.9. The average molecular weight is 1250 g/mol. The Balaban J connectivity index is 0.00000158. The number of nitrogens with zero attached hydrogens (tertiary/aromatic N) is 2. The standard InChI is InChI=1S/C63H106N2.2C9H19.Pd/c1-4-7-10-12-14-16-18-20-21-22-23-24-25-26-27-28-29-30-31-32-34-36-38-40-42-44-49-60(57-65-64)56-63(61-52-45-50-58(54-61)47-9-6-3)62-53-46-51-59(55-62)48-43-41-39-37-35-33-19-17-15-13-11-8-5-2;2*1-3-5-7-9-8-6-4-2;/h45-46,50-56H,4-44,47-49H2,1-3H3;2*1,3-9H2,2H3;. The third kappa shape index (κ3) is 54.2. The normalized spacial score (nSPS) is 11.5. The Morgan fingerprint density at radius 3 is 0.893 bits per heavy atom. The zero-order valence-electron chi connectivity index (χ0n) is 57.3. The van der Waals surface area contributed by atoms with Crippen LogP contribution in [0.25, 0.3) is 11.1 Å². The fourth-order valence-electron chi connectivity index (χ4n) is 12.2. The molecule has 0 saturated carbocycles. The Morgan fingerprint density at radius 1 is 0.333 bits per heavy atom. The molecule has 0 aliphatic rings. The summed E-state index contributed by atoms with van der Waals surface area (Å²) in [5.74, 6) is 2.99. The molecule has 2 nitrogen and oxygen atoms in total. The molecule has 2 aromatic rings. The van der Waals surface area contributed by atoms with E-state index in [-0.39, 0.29) is 0 Å². The molecule has 0 saturated heterocycles. The predicted octanol–water partition coefficient (Wildman–Crippen LogP) is 28.9. The first-order valence-corrected chi connectivity index (χ1v) is 40.1. The minimum absolute atomic E-state index is 0.890. The van der Waals surface area contributed by atoms with Gasteiger partial charge in [0, 0.05) is 0 Å². The maximum absolute atomic E-state index is 9.69. The Kier molecular flexibility index (Phi) is 63.8. The quantitative estimate of drug-likeness (QED) is 0.0158. The summed E-state index contributed by atoms with van der Waals surface area (Å²) in [6, 6.07) is 18.4. The summed E-state index contributed by atoms with van der Waals surface area (Å²) in [4.78, 5) is 6.51. The molecule has 2 aromatic carbocycles. The minimum atomic E-state index is 0.890. The third-order valence-corrected chi connectivity index (χ3v) is 20.0. The second-order valence-electron chi connectivity index (χ2n) is 26.1. The third-order valence-electron chi connectivity index (χ3n) is 17.8. The summed E-state index contributed by atoms with van der Waals surface area (Å²) in [6.45, 7) is 11.5. The summed E-state index contributed by atoms with van der Waals surface area (Å²) in [6.07, 6.45) is 83.1. The summed E-state index contributed by atoms with van der Waals surface area (Å²) < 4.78 is 0. The van der Waals surface area contributed by atoms with Crippen LogP contribution in [0.2, 0.25) is 9.79 Å². The molecule has 84 heavy (non-hydrogen) atoms. The molecule has 2 rings (SSSR count). The molecule has 0 spiro atoms. The van der Waals surface area contributed by atoms with E-state index in [2.05, 4.69) is 99.9 Å². The number of hydrogen-bond acceptors (Lipinski definition) is 0. The van der Waals surface area contributed by atoms with Crippen molar-refractivity contribution in [2.45, 2.75) is 417 Å². The number of allylic oxidation sites excluding steroid dienone is 2. The monoisotopic (exact) mass is 1250 g/mol. The number of hydrogen-bond donors (Lipinski definition) is 0. The first-order valence-electron chi connectivity index (χ1n) is 37.9. The van der Waals surface area contributed by atoms with Crippen molar-refractivity contribution in [1.82, 2.24) is 0 Å². The van der Waals surface area contributed by atoms with Gasteiger partial charge in [-0.1, -0.05) is 313 Å². The number of aryl methyl sites for hydroxylation is 2. The number of rotatable bonds is 63. The van der Waals surface area contributed by atoms with E-state index in [9.17, 15) is 5.53 Å². The molecular weight excluding hydrogens is 1110 g/mol. The Hall–Kier alpha value is -2.00.